The van der Waals surface area contributed by atoms with Crippen LogP contribution in [-0.4, -0.2) is 92.6 Å². The fraction of sp³-hybridized carbons (Fsp3) is 0.619. The van der Waals surface area contributed by atoms with E-state index in [-0.39, 0.29) is 29.9 Å². The first-order valence-corrected chi connectivity index (χ1v) is 10.9. The maximum atomic E-state index is 12.5. The number of rotatable bonds is 6. The van der Waals surface area contributed by atoms with Crippen molar-refractivity contribution >= 4 is 47.4 Å². The highest BCUT2D eigenvalue weighted by atomic mass is 127. The fourth-order valence-corrected chi connectivity index (χ4v) is 3.96. The van der Waals surface area contributed by atoms with Crippen molar-refractivity contribution in [2.45, 2.75) is 19.3 Å². The van der Waals surface area contributed by atoms with Crippen LogP contribution in [0, 0.1) is 0 Å². The number of guanidine groups is 1. The molecule has 2 heterocycles. The van der Waals surface area contributed by atoms with Gasteiger partial charge in [-0.25, -0.2) is 0 Å². The molecule has 168 valence electrons. The molecule has 0 aromatic heterocycles. The number of nitrogens with zero attached hydrogens (tertiary/aromatic N) is 4. The number of para-hydroxylation sites is 1. The van der Waals surface area contributed by atoms with Gasteiger partial charge in [-0.2, -0.15) is 0 Å². The van der Waals surface area contributed by atoms with E-state index in [1.165, 1.54) is 6.42 Å². The molecule has 0 saturated carbocycles. The Bertz CT molecular complexity index is 692. The largest absolute Gasteiger partial charge is 0.490 e. The standard InChI is InChI=1S/C21H32ClN5O2.HI/c1-23-21(24-9-16-29-19-8-4-3-7-18(19)22)27-14-12-25(13-15-27)17-20(28)26-10-5-2-6-11-26;/h3-4,7-8H,2,5-6,9-17H2,1H3,(H,23,24);1H. The summed E-state index contributed by atoms with van der Waals surface area (Å²) < 4.78 is 5.72. The van der Waals surface area contributed by atoms with Crippen LogP contribution in [-0.2, 0) is 4.79 Å². The molecule has 1 amide bonds. The van der Waals surface area contributed by atoms with Gasteiger partial charge < -0.3 is 19.9 Å². The van der Waals surface area contributed by atoms with Gasteiger partial charge in [0.15, 0.2) is 5.96 Å². The summed E-state index contributed by atoms with van der Waals surface area (Å²) in [7, 11) is 1.80. The highest BCUT2D eigenvalue weighted by molar-refractivity contribution is 14.0. The van der Waals surface area contributed by atoms with Crippen LogP contribution in [0.4, 0.5) is 0 Å². The number of amides is 1. The van der Waals surface area contributed by atoms with Gasteiger partial charge in [-0.05, 0) is 31.4 Å². The Morgan fingerprint density at radius 2 is 1.77 bits per heavy atom. The zero-order valence-corrected chi connectivity index (χ0v) is 20.8. The fourth-order valence-electron chi connectivity index (χ4n) is 3.77. The molecule has 1 aromatic carbocycles. The summed E-state index contributed by atoms with van der Waals surface area (Å²) in [5.41, 5.74) is 0. The molecule has 0 aliphatic carbocycles. The van der Waals surface area contributed by atoms with E-state index in [2.05, 4.69) is 20.1 Å². The average Bonchev–Trinajstić information content (AvgIpc) is 2.76. The second-order valence-corrected chi connectivity index (χ2v) is 7.86. The van der Waals surface area contributed by atoms with Gasteiger partial charge in [0.2, 0.25) is 5.91 Å². The Balaban J connectivity index is 0.00000320. The van der Waals surface area contributed by atoms with E-state index in [1.54, 1.807) is 7.05 Å². The Kier molecular flexibility index (Phi) is 11.0. The molecule has 9 heteroatoms. The van der Waals surface area contributed by atoms with Crippen molar-refractivity contribution in [1.82, 2.24) is 20.0 Å². The number of carbonyl (C=O) groups is 1. The lowest BCUT2D eigenvalue weighted by atomic mass is 10.1. The predicted molar refractivity (Wildman–Crippen MR) is 132 cm³/mol. The van der Waals surface area contributed by atoms with E-state index >= 15 is 0 Å². The van der Waals surface area contributed by atoms with Gasteiger partial charge in [0.1, 0.15) is 12.4 Å². The zero-order valence-electron chi connectivity index (χ0n) is 17.7. The van der Waals surface area contributed by atoms with Crippen molar-refractivity contribution in [3.8, 4) is 5.75 Å². The van der Waals surface area contributed by atoms with E-state index in [1.807, 2.05) is 29.2 Å². The third kappa shape index (κ3) is 7.46. The smallest absolute Gasteiger partial charge is 0.236 e. The zero-order chi connectivity index (χ0) is 20.5. The maximum absolute atomic E-state index is 12.5. The summed E-state index contributed by atoms with van der Waals surface area (Å²) in [6.45, 7) is 6.99. The molecule has 0 atom stereocenters. The predicted octanol–water partition coefficient (Wildman–Crippen LogP) is 2.54. The second-order valence-electron chi connectivity index (χ2n) is 7.46. The molecule has 0 unspecified atom stereocenters. The molecule has 3 rings (SSSR count). The van der Waals surface area contributed by atoms with Gasteiger partial charge in [0.25, 0.3) is 0 Å². The topological polar surface area (TPSA) is 60.4 Å². The molecule has 2 aliphatic rings. The van der Waals surface area contributed by atoms with E-state index in [9.17, 15) is 4.79 Å². The molecule has 30 heavy (non-hydrogen) atoms. The van der Waals surface area contributed by atoms with E-state index < -0.39 is 0 Å². The van der Waals surface area contributed by atoms with Crippen LogP contribution >= 0.6 is 35.6 Å². The summed E-state index contributed by atoms with van der Waals surface area (Å²) in [6.07, 6.45) is 3.53. The molecule has 1 N–H and O–H groups in total. The first kappa shape index (κ1) is 25.0. The van der Waals surface area contributed by atoms with Crippen LogP contribution in [0.1, 0.15) is 19.3 Å². The molecule has 2 saturated heterocycles. The van der Waals surface area contributed by atoms with Crippen LogP contribution in [0.3, 0.4) is 0 Å². The monoisotopic (exact) mass is 549 g/mol. The van der Waals surface area contributed by atoms with Gasteiger partial charge in [-0.15, -0.1) is 24.0 Å². The molecule has 2 fully saturated rings. The van der Waals surface area contributed by atoms with Gasteiger partial charge in [-0.3, -0.25) is 14.7 Å². The normalized spacial score (nSPS) is 18.0. The summed E-state index contributed by atoms with van der Waals surface area (Å²) in [5, 5.41) is 3.97. The highest BCUT2D eigenvalue weighted by Gasteiger charge is 2.23. The summed E-state index contributed by atoms with van der Waals surface area (Å²) >= 11 is 6.10. The van der Waals surface area contributed by atoms with Gasteiger partial charge in [0, 0.05) is 46.3 Å². The van der Waals surface area contributed by atoms with Gasteiger partial charge >= 0.3 is 0 Å². The maximum Gasteiger partial charge on any atom is 0.236 e. The minimum atomic E-state index is 0. The molecule has 1 aromatic rings. The number of ether oxygens (including phenoxy) is 1. The van der Waals surface area contributed by atoms with Crippen molar-refractivity contribution in [2.24, 2.45) is 4.99 Å². The third-order valence-corrected chi connectivity index (χ3v) is 5.74. The van der Waals surface area contributed by atoms with E-state index in [0.717, 1.165) is 58.1 Å². The lowest BCUT2D eigenvalue weighted by molar-refractivity contribution is -0.133. The van der Waals surface area contributed by atoms with Crippen molar-refractivity contribution in [1.29, 1.82) is 0 Å². The molecular weight excluding hydrogens is 517 g/mol. The second kappa shape index (κ2) is 13.2. The molecular formula is C21H33ClIN5O2. The minimum Gasteiger partial charge on any atom is -0.490 e. The van der Waals surface area contributed by atoms with Crippen LogP contribution < -0.4 is 10.1 Å². The lowest BCUT2D eigenvalue weighted by Gasteiger charge is -2.37. The number of likely N-dealkylation sites (tertiary alicyclic amines) is 1. The highest BCUT2D eigenvalue weighted by Crippen LogP contribution is 2.22. The first-order valence-electron chi connectivity index (χ1n) is 10.5. The number of benzene rings is 1. The number of halogens is 2. The number of nitrogens with one attached hydrogen (secondary N) is 1. The quantitative estimate of drug-likeness (QED) is 0.256. The van der Waals surface area contributed by atoms with E-state index in [4.69, 9.17) is 16.3 Å². The number of aliphatic imine (C=N–C) groups is 1. The van der Waals surface area contributed by atoms with Gasteiger partial charge in [-0.1, -0.05) is 23.7 Å². The summed E-state index contributed by atoms with van der Waals surface area (Å²) in [4.78, 5) is 23.4. The average molecular weight is 550 g/mol. The molecule has 2 aliphatic heterocycles. The first-order chi connectivity index (χ1) is 14.2. The number of hydrogen-bond acceptors (Lipinski definition) is 4. The molecule has 7 nitrogen and oxygen atoms in total. The Morgan fingerprint density at radius 1 is 1.07 bits per heavy atom. The Morgan fingerprint density at radius 3 is 2.43 bits per heavy atom. The number of piperazine rings is 1. The molecule has 0 radical (unpaired) electrons. The van der Waals surface area contributed by atoms with Crippen molar-refractivity contribution in [3.05, 3.63) is 29.3 Å². The molecule has 0 bridgehead atoms. The number of hydrogen-bond donors (Lipinski definition) is 1. The minimum absolute atomic E-state index is 0. The number of carbonyl (C=O) groups excluding carboxylic acids is 1. The molecule has 0 spiro atoms. The summed E-state index contributed by atoms with van der Waals surface area (Å²) in [5.74, 6) is 1.84. The van der Waals surface area contributed by atoms with Crippen LogP contribution in [0.2, 0.25) is 5.02 Å². The third-order valence-electron chi connectivity index (χ3n) is 5.43. The number of piperidine rings is 1. The van der Waals surface area contributed by atoms with Crippen molar-refractivity contribution in [3.63, 3.8) is 0 Å². The van der Waals surface area contributed by atoms with E-state index in [0.29, 0.717) is 30.5 Å². The lowest BCUT2D eigenvalue weighted by Crippen LogP contribution is -2.54. The Labute approximate surface area is 201 Å². The SMILES string of the molecule is CN=C(NCCOc1ccccc1Cl)N1CCN(CC(=O)N2CCCCC2)CC1.I. The van der Waals surface area contributed by atoms with Crippen LogP contribution in [0.5, 0.6) is 5.75 Å². The van der Waals surface area contributed by atoms with Crippen LogP contribution in [0.25, 0.3) is 0 Å². The van der Waals surface area contributed by atoms with Crippen molar-refractivity contribution in [2.75, 3.05) is 66.0 Å². The van der Waals surface area contributed by atoms with Gasteiger partial charge in [0.05, 0.1) is 18.1 Å². The Hall–Kier alpha value is -1.26. The summed E-state index contributed by atoms with van der Waals surface area (Å²) in [6, 6.07) is 7.47. The van der Waals surface area contributed by atoms with Crippen molar-refractivity contribution < 1.29 is 9.53 Å². The van der Waals surface area contributed by atoms with Crippen LogP contribution in [0.15, 0.2) is 29.3 Å².